The van der Waals surface area contributed by atoms with Gasteiger partial charge in [0.05, 0.1) is 16.8 Å². The van der Waals surface area contributed by atoms with E-state index in [1.54, 1.807) is 0 Å². The summed E-state index contributed by atoms with van der Waals surface area (Å²) < 4.78 is 0. The zero-order valence-corrected chi connectivity index (χ0v) is 99.1. The first-order chi connectivity index (χ1) is 68.3. The fraction of sp³-hybridized carbons (Fsp3) is 0.263. The van der Waals surface area contributed by atoms with Gasteiger partial charge in [-0.2, -0.15) is 0 Å². The van der Waals surface area contributed by atoms with Crippen LogP contribution in [0.25, 0.3) is 123 Å². The molecule has 6 aromatic heterocycles. The standard InChI is InChI=1S/C27H26N.C21H22N.C21H20N.C18H14N.2C12H10N.2C11H20O2.4Ir/c1-18(2)12-23-17-27(24-14-19(3)13-20(4)15-24)28-26-11-10-22(16-25(23)26)21-8-6-5-7-9-21;1-14(2)9-17-13-21(18-11-15(3)10-16(4)12-18)22-20-8-6-5-7-19(17)20;1-16(2)14-17-8-10-18(11-9-17)20-12-13-22-21(15-20)19-6-4-3-5-7-19;1-14-12-18(16-10-6-3-7-11-16)19-13-17(14)15-8-4-2-5-9-15;1-10-7-8-13-12(9-10)11-5-3-2-4-6-11;1-10-7-8-12(13-9-10)11-5-3-2-4-6-11;1-10(2,3)8(12)7-9(13)11(4,5)6;1-8(2)5-10(12)7-11(13)6-9(3)4;;;;/h5-11,13-14,16-18H,12H2,1-4H3;5-8,10-11,13-14H,9H2,1-4H3;3-6,8-13,15-16H,14H2,1-2H3;2-10,12-13H,1H3;2*2-5,7-9H,1H3;7,12H,1-6H3;7-9,12H,5-6H2,1-4H3;;;;/q6*-1;;;;;;. The summed E-state index contributed by atoms with van der Waals surface area (Å²) in [7, 11) is 0. The molecule has 0 unspecified atom stereocenters. The largest absolute Gasteiger partial charge is 0.512 e. The average molecular weight is 2660 g/mol. The first-order valence-electron chi connectivity index (χ1n) is 49.9. The normalized spacial score (nSPS) is 11.0. The molecule has 770 valence electrons. The fourth-order valence-electron chi connectivity index (χ4n) is 15.8. The minimum absolute atomic E-state index is 0. The number of fused-ring (bicyclic) bond motifs is 2. The summed E-state index contributed by atoms with van der Waals surface area (Å²) in [5, 5.41) is 21.4. The maximum absolute atomic E-state index is 11.5. The van der Waals surface area contributed by atoms with Gasteiger partial charge in [-0.3, -0.25) is 19.6 Å². The number of aliphatic hydroxyl groups is 2. The van der Waals surface area contributed by atoms with E-state index >= 15 is 0 Å². The van der Waals surface area contributed by atoms with Crippen LogP contribution in [0.15, 0.2) is 352 Å². The van der Waals surface area contributed by atoms with E-state index in [9.17, 15) is 19.8 Å². The summed E-state index contributed by atoms with van der Waals surface area (Å²) in [6.07, 6.45) is 14.5. The van der Waals surface area contributed by atoms with E-state index in [1.165, 1.54) is 101 Å². The molecule has 10 nitrogen and oxygen atoms in total. The van der Waals surface area contributed by atoms with Crippen molar-refractivity contribution in [3.05, 3.63) is 444 Å². The predicted molar refractivity (Wildman–Crippen MR) is 600 cm³/mol. The Morgan fingerprint density at radius 3 is 1.20 bits per heavy atom. The Kier molecular flexibility index (Phi) is 51.8. The van der Waals surface area contributed by atoms with E-state index in [0.717, 1.165) is 109 Å². The van der Waals surface area contributed by atoms with Crippen molar-refractivity contribution in [3.8, 4) is 101 Å². The van der Waals surface area contributed by atoms with Crippen molar-refractivity contribution in [1.29, 1.82) is 0 Å². The molecule has 0 saturated carbocycles. The Balaban J connectivity index is 0.000000260. The van der Waals surface area contributed by atoms with Crippen LogP contribution in [0.1, 0.15) is 179 Å². The predicted octanol–water partition coefficient (Wildman–Crippen LogP) is 34.5. The zero-order chi connectivity index (χ0) is 103. The molecule has 17 rings (SSSR count). The van der Waals surface area contributed by atoms with Crippen molar-refractivity contribution in [2.24, 2.45) is 40.4 Å². The maximum atomic E-state index is 11.5. The van der Waals surface area contributed by atoms with E-state index in [4.69, 9.17) is 9.97 Å². The van der Waals surface area contributed by atoms with Gasteiger partial charge in [-0.15, -0.1) is 213 Å². The molecule has 0 atom stereocenters. The number of allylic oxidation sites excluding steroid dienone is 4. The number of hydrogen-bond donors (Lipinski definition) is 2. The zero-order valence-electron chi connectivity index (χ0n) is 89.5. The summed E-state index contributed by atoms with van der Waals surface area (Å²) in [5.41, 5.74) is 33.5. The molecule has 14 heteroatoms. The van der Waals surface area contributed by atoms with Crippen LogP contribution in [0.3, 0.4) is 0 Å². The molecule has 0 amide bonds. The maximum Gasteiger partial charge on any atom is 0.164 e. The van der Waals surface area contributed by atoms with E-state index in [2.05, 4.69) is 315 Å². The van der Waals surface area contributed by atoms with Crippen LogP contribution in [0.2, 0.25) is 0 Å². The van der Waals surface area contributed by atoms with Crippen molar-refractivity contribution in [1.82, 2.24) is 29.9 Å². The molecule has 6 heterocycles. The van der Waals surface area contributed by atoms with Crippen LogP contribution in [-0.4, -0.2) is 51.7 Å². The Bertz CT molecular complexity index is 6920. The fourth-order valence-corrected chi connectivity index (χ4v) is 15.8. The molecule has 2 N–H and O–H groups in total. The van der Waals surface area contributed by atoms with E-state index in [0.29, 0.717) is 42.4 Å². The third-order valence-corrected chi connectivity index (χ3v) is 22.9. The number of hydrogen-bond acceptors (Lipinski definition) is 10. The van der Waals surface area contributed by atoms with Gasteiger partial charge in [-0.1, -0.05) is 296 Å². The molecule has 147 heavy (non-hydrogen) atoms. The van der Waals surface area contributed by atoms with Crippen molar-refractivity contribution in [3.63, 3.8) is 0 Å². The molecule has 4 radical (unpaired) electrons. The Morgan fingerprint density at radius 1 is 0.327 bits per heavy atom. The van der Waals surface area contributed by atoms with Crippen LogP contribution < -0.4 is 0 Å². The third-order valence-electron chi connectivity index (χ3n) is 22.9. The first-order valence-corrected chi connectivity index (χ1v) is 49.9. The van der Waals surface area contributed by atoms with Gasteiger partial charge < -0.3 is 30.1 Å². The molecule has 0 saturated heterocycles. The van der Waals surface area contributed by atoms with E-state index in [1.807, 2.05) is 228 Å². The van der Waals surface area contributed by atoms with Gasteiger partial charge in [0.25, 0.3) is 0 Å². The molecular weight excluding hydrogens is 2510 g/mol. The van der Waals surface area contributed by atoms with Gasteiger partial charge >= 0.3 is 0 Å². The number of aliphatic hydroxyl groups excluding tert-OH is 2. The smallest absolute Gasteiger partial charge is 0.164 e. The minimum atomic E-state index is -0.417. The number of carbonyl (C=O) groups excluding carboxylic acids is 2. The topological polar surface area (TPSA) is 152 Å². The van der Waals surface area contributed by atoms with Crippen molar-refractivity contribution in [2.45, 2.75) is 191 Å². The Hall–Kier alpha value is -12.1. The van der Waals surface area contributed by atoms with Gasteiger partial charge in [0.1, 0.15) is 5.76 Å². The van der Waals surface area contributed by atoms with E-state index < -0.39 is 5.41 Å². The summed E-state index contributed by atoms with van der Waals surface area (Å²) in [5.74, 6) is 2.98. The Morgan fingerprint density at radius 2 is 0.755 bits per heavy atom. The summed E-state index contributed by atoms with van der Waals surface area (Å²) in [6.45, 7) is 47.3. The summed E-state index contributed by atoms with van der Waals surface area (Å²) in [4.78, 5) is 50.2. The van der Waals surface area contributed by atoms with Crippen LogP contribution in [-0.2, 0) is 109 Å². The molecule has 0 fully saturated rings. The number of aromatic nitrogens is 6. The average Bonchev–Trinajstić information content (AvgIpc) is 0.767. The minimum Gasteiger partial charge on any atom is -0.512 e. The number of carbonyl (C=O) groups is 2. The second kappa shape index (κ2) is 61.6. The van der Waals surface area contributed by atoms with Crippen molar-refractivity contribution < 1.29 is 100 Å². The van der Waals surface area contributed by atoms with Crippen molar-refractivity contribution in [2.75, 3.05) is 0 Å². The van der Waals surface area contributed by atoms with Crippen LogP contribution in [0.4, 0.5) is 0 Å². The van der Waals surface area contributed by atoms with Crippen molar-refractivity contribution >= 4 is 33.4 Å². The second-order valence-corrected chi connectivity index (χ2v) is 40.9. The van der Waals surface area contributed by atoms with Gasteiger partial charge in [0, 0.05) is 157 Å². The number of nitrogens with zero attached hydrogens (tertiary/aromatic N) is 6. The summed E-state index contributed by atoms with van der Waals surface area (Å²) >= 11 is 0. The van der Waals surface area contributed by atoms with Gasteiger partial charge in [-0.05, 0) is 190 Å². The van der Waals surface area contributed by atoms with Crippen LogP contribution in [0.5, 0.6) is 0 Å². The molecule has 0 aliphatic heterocycles. The monoisotopic (exact) mass is 2660 g/mol. The Labute approximate surface area is 931 Å². The van der Waals surface area contributed by atoms with Gasteiger partial charge in [-0.25, -0.2) is 0 Å². The molecule has 0 aliphatic rings. The SMILES string of the molecule is CC(C)(C)C(=O)C=C(O)C(C)(C)C.CC(C)CC(=O)C=C(O)CC(C)C.CC(C)Cc1ccc(-c2ccnc(-c3[c-]cccc3)c2)cc1.Cc1[c-]c(-c2cc(CC(C)C)c3cc(-c4ccccc4)ccc3n2)cc(C)c1.Cc1[c-]c(-c2cc(CC(C)C)c3ccccc3n2)cc(C)c1.Cc1cc(-c2[c-]cccc2)ncc1-c1ccccc1.Cc1ccc(-c2[c-]cccc2)nc1.Cc1ccnc(-c2[c-]cccc2)c1.[Ir].[Ir].[Ir].[Ir]. The number of para-hydroxylation sites is 1. The van der Waals surface area contributed by atoms with Gasteiger partial charge in [0.2, 0.25) is 0 Å². The molecular formula is C133H142Ir4N6O4-6. The quantitative estimate of drug-likeness (QED) is 0.0404. The number of benzene rings is 11. The second-order valence-electron chi connectivity index (χ2n) is 40.9. The van der Waals surface area contributed by atoms with Gasteiger partial charge in [0.15, 0.2) is 11.6 Å². The summed E-state index contributed by atoms with van der Waals surface area (Å²) in [6, 6.07) is 124. The first kappa shape index (κ1) is 124. The molecule has 17 aromatic rings. The molecule has 0 bridgehead atoms. The number of aryl methyl sites for hydroxylation is 7. The number of rotatable bonds is 21. The third kappa shape index (κ3) is 41.5. The van der Waals surface area contributed by atoms with E-state index in [-0.39, 0.29) is 109 Å². The number of pyridine rings is 6. The molecule has 11 aromatic carbocycles. The van der Waals surface area contributed by atoms with Crippen LogP contribution >= 0.6 is 0 Å². The number of ketones is 2. The van der Waals surface area contributed by atoms with Crippen LogP contribution in [0, 0.1) is 125 Å². The molecule has 0 aliphatic carbocycles. The molecule has 0 spiro atoms.